The van der Waals surface area contributed by atoms with Crippen LogP contribution in [0, 0.1) is 17.8 Å². The van der Waals surface area contributed by atoms with E-state index < -0.39 is 0 Å². The summed E-state index contributed by atoms with van der Waals surface area (Å²) < 4.78 is 0. The van der Waals surface area contributed by atoms with Crippen molar-refractivity contribution >= 4 is 7.92 Å². The van der Waals surface area contributed by atoms with Gasteiger partial charge in [-0.15, -0.1) is 0 Å². The second-order valence-corrected chi connectivity index (χ2v) is 13.7. The molecule has 0 amide bonds. The lowest BCUT2D eigenvalue weighted by Crippen LogP contribution is -2.52. The second-order valence-electron chi connectivity index (χ2n) is 9.97. The van der Waals surface area contributed by atoms with Crippen LogP contribution in [0.25, 0.3) is 0 Å². The molecule has 5 saturated carbocycles. The van der Waals surface area contributed by atoms with Crippen molar-refractivity contribution in [2.75, 3.05) is 0 Å². The third-order valence-corrected chi connectivity index (χ3v) is 11.4. The lowest BCUT2D eigenvalue weighted by molar-refractivity contribution is 0.0342. The van der Waals surface area contributed by atoms with Crippen molar-refractivity contribution in [3.05, 3.63) is 0 Å². The smallest absolute Gasteiger partial charge is 0.00793 e. The molecular weight excluding hydrogens is 271 g/mol. The molecule has 5 aliphatic carbocycles. The maximum atomic E-state index is 2.60. The first-order valence-electron chi connectivity index (χ1n) is 9.76. The highest BCUT2D eigenvalue weighted by Gasteiger charge is 2.57. The molecule has 0 N–H and O–H groups in total. The van der Waals surface area contributed by atoms with E-state index in [0.717, 1.165) is 28.6 Å². The average Bonchev–Trinajstić information content (AvgIpc) is 2.36. The van der Waals surface area contributed by atoms with Gasteiger partial charge in [0.15, 0.2) is 0 Å². The molecule has 1 heteroatoms. The highest BCUT2D eigenvalue weighted by Crippen LogP contribution is 2.75. The van der Waals surface area contributed by atoms with Crippen molar-refractivity contribution in [2.45, 2.75) is 107 Å². The molecule has 0 aromatic carbocycles. The van der Waals surface area contributed by atoms with Crippen molar-refractivity contribution in [3.8, 4) is 0 Å². The normalized spacial score (nSPS) is 45.0. The minimum absolute atomic E-state index is 0.206. The van der Waals surface area contributed by atoms with E-state index in [0.29, 0.717) is 5.16 Å². The summed E-state index contributed by atoms with van der Waals surface area (Å²) in [4.78, 5) is 0. The Hall–Kier alpha value is 0.430. The molecule has 120 valence electrons. The van der Waals surface area contributed by atoms with Crippen LogP contribution in [0.1, 0.15) is 91.4 Å². The zero-order chi connectivity index (χ0) is 14.7. The summed E-state index contributed by atoms with van der Waals surface area (Å²) in [6, 6.07) is 0. The van der Waals surface area contributed by atoms with E-state index in [4.69, 9.17) is 0 Å². The predicted octanol–water partition coefficient (Wildman–Crippen LogP) is 6.57. The van der Waals surface area contributed by atoms with Gasteiger partial charge in [0.2, 0.25) is 0 Å². The Kier molecular flexibility index (Phi) is 3.73. The van der Waals surface area contributed by atoms with Gasteiger partial charge in [0.1, 0.15) is 0 Å². The van der Waals surface area contributed by atoms with Gasteiger partial charge in [0.05, 0.1) is 0 Å². The first kappa shape index (κ1) is 15.0. The van der Waals surface area contributed by atoms with E-state index in [9.17, 15) is 0 Å². The molecule has 5 rings (SSSR count). The van der Waals surface area contributed by atoms with E-state index in [1.165, 1.54) is 19.3 Å². The standard InChI is InChI=1S/C20H35P/c1-19(2,3)21(18-7-5-4-6-8-18)20-12-15-9-16(13-20)11-17(10-15)14-20/h15-18H,4-14H2,1-3H3. The first-order chi connectivity index (χ1) is 9.96. The minimum atomic E-state index is 0.206. The fourth-order valence-electron chi connectivity index (χ4n) is 7.35. The fourth-order valence-corrected chi connectivity index (χ4v) is 12.9. The number of rotatable bonds is 2. The maximum absolute atomic E-state index is 2.60. The Bertz CT molecular complexity index is 350. The molecule has 4 bridgehead atoms. The van der Waals surface area contributed by atoms with Crippen LogP contribution in [0.4, 0.5) is 0 Å². The summed E-state index contributed by atoms with van der Waals surface area (Å²) in [6.07, 6.45) is 17.5. The molecule has 0 saturated heterocycles. The molecule has 0 nitrogen and oxygen atoms in total. The molecule has 0 aromatic heterocycles. The Morgan fingerprint density at radius 2 is 1.24 bits per heavy atom. The first-order valence-corrected chi connectivity index (χ1v) is 11.2. The van der Waals surface area contributed by atoms with Crippen molar-refractivity contribution in [1.82, 2.24) is 0 Å². The average molecular weight is 306 g/mol. The number of hydrogen-bond acceptors (Lipinski definition) is 0. The van der Waals surface area contributed by atoms with Crippen LogP contribution < -0.4 is 0 Å². The van der Waals surface area contributed by atoms with Gasteiger partial charge in [-0.1, -0.05) is 48.0 Å². The van der Waals surface area contributed by atoms with E-state index in [-0.39, 0.29) is 7.92 Å². The van der Waals surface area contributed by atoms with Gasteiger partial charge >= 0.3 is 0 Å². The van der Waals surface area contributed by atoms with Crippen LogP contribution in [-0.4, -0.2) is 16.0 Å². The fraction of sp³-hybridized carbons (Fsp3) is 1.00. The molecule has 0 radical (unpaired) electrons. The van der Waals surface area contributed by atoms with Gasteiger partial charge in [0.25, 0.3) is 0 Å². The van der Waals surface area contributed by atoms with Gasteiger partial charge < -0.3 is 0 Å². The quantitative estimate of drug-likeness (QED) is 0.506. The lowest BCUT2D eigenvalue weighted by atomic mass is 9.56. The van der Waals surface area contributed by atoms with Gasteiger partial charge in [0, 0.05) is 0 Å². The molecule has 0 heterocycles. The zero-order valence-corrected chi connectivity index (χ0v) is 15.4. The summed E-state index contributed by atoms with van der Waals surface area (Å²) in [5, 5.41) is 1.41. The summed E-state index contributed by atoms with van der Waals surface area (Å²) >= 11 is 0. The summed E-state index contributed by atoms with van der Waals surface area (Å²) in [5.41, 5.74) is 1.12. The molecule has 21 heavy (non-hydrogen) atoms. The highest BCUT2D eigenvalue weighted by molar-refractivity contribution is 7.61. The van der Waals surface area contributed by atoms with Crippen LogP contribution >= 0.6 is 7.92 Å². The van der Waals surface area contributed by atoms with E-state index in [2.05, 4.69) is 20.8 Å². The molecule has 5 fully saturated rings. The lowest BCUT2D eigenvalue weighted by Gasteiger charge is -2.63. The van der Waals surface area contributed by atoms with Crippen LogP contribution in [0.5, 0.6) is 0 Å². The van der Waals surface area contributed by atoms with Crippen LogP contribution in [0.15, 0.2) is 0 Å². The molecule has 1 atom stereocenters. The Labute approximate surface area is 133 Å². The second kappa shape index (κ2) is 5.22. The Morgan fingerprint density at radius 1 is 0.762 bits per heavy atom. The zero-order valence-electron chi connectivity index (χ0n) is 14.5. The SMILES string of the molecule is CC(C)(C)P(C1CCCCC1)C12CC3CC(CC(C3)C1)C2. The minimum Gasteiger partial charge on any atom is -0.0916 e. The summed E-state index contributed by atoms with van der Waals surface area (Å²) in [5.74, 6) is 3.39. The van der Waals surface area contributed by atoms with Crippen molar-refractivity contribution in [1.29, 1.82) is 0 Å². The summed E-state index contributed by atoms with van der Waals surface area (Å²) in [7, 11) is 0.206. The third-order valence-electron chi connectivity index (χ3n) is 7.18. The largest absolute Gasteiger partial charge is 0.0916 e. The van der Waals surface area contributed by atoms with E-state index in [1.54, 1.807) is 51.4 Å². The molecule has 0 spiro atoms. The topological polar surface area (TPSA) is 0 Å². The highest BCUT2D eigenvalue weighted by atomic mass is 31.1. The van der Waals surface area contributed by atoms with Gasteiger partial charge in [-0.05, 0) is 85.1 Å². The van der Waals surface area contributed by atoms with Crippen LogP contribution in [-0.2, 0) is 0 Å². The molecule has 1 unspecified atom stereocenters. The Balaban J connectivity index is 1.66. The van der Waals surface area contributed by atoms with Crippen molar-refractivity contribution in [2.24, 2.45) is 17.8 Å². The van der Waals surface area contributed by atoms with Gasteiger partial charge in [-0.3, -0.25) is 0 Å². The van der Waals surface area contributed by atoms with Gasteiger partial charge in [-0.2, -0.15) is 0 Å². The van der Waals surface area contributed by atoms with Crippen molar-refractivity contribution in [3.63, 3.8) is 0 Å². The molecule has 5 aliphatic rings. The molecule has 0 aliphatic heterocycles. The van der Waals surface area contributed by atoms with Crippen molar-refractivity contribution < 1.29 is 0 Å². The Morgan fingerprint density at radius 3 is 1.67 bits per heavy atom. The third kappa shape index (κ3) is 2.62. The maximum Gasteiger partial charge on any atom is -0.00793 e. The van der Waals surface area contributed by atoms with Gasteiger partial charge in [-0.25, -0.2) is 0 Å². The van der Waals surface area contributed by atoms with Crippen LogP contribution in [0.3, 0.4) is 0 Å². The van der Waals surface area contributed by atoms with Crippen LogP contribution in [0.2, 0.25) is 0 Å². The van der Waals surface area contributed by atoms with E-state index in [1.807, 2.05) is 0 Å². The summed E-state index contributed by atoms with van der Waals surface area (Å²) in [6.45, 7) is 7.81. The monoisotopic (exact) mass is 306 g/mol. The van der Waals surface area contributed by atoms with E-state index >= 15 is 0 Å². The predicted molar refractivity (Wildman–Crippen MR) is 94.4 cm³/mol. The number of hydrogen-bond donors (Lipinski definition) is 0. The molecule has 0 aromatic rings. The molecular formula is C20H35P.